The molecule has 0 saturated heterocycles. The van der Waals surface area contributed by atoms with E-state index in [4.69, 9.17) is 14.7 Å². The Bertz CT molecular complexity index is 1340. The molecule has 5 nitrogen and oxygen atoms in total. The smallest absolute Gasteiger partial charge is 0.180 e. The molecule has 0 saturated carbocycles. The van der Waals surface area contributed by atoms with Crippen LogP contribution in [0.2, 0.25) is 0 Å². The highest BCUT2D eigenvalue weighted by molar-refractivity contribution is 5.89. The van der Waals surface area contributed by atoms with Crippen molar-refractivity contribution < 1.29 is 9.47 Å². The fourth-order valence-electron chi connectivity index (χ4n) is 3.60. The molecule has 0 spiro atoms. The van der Waals surface area contributed by atoms with Crippen molar-refractivity contribution in [3.63, 3.8) is 0 Å². The van der Waals surface area contributed by atoms with E-state index >= 15 is 0 Å². The summed E-state index contributed by atoms with van der Waals surface area (Å²) in [5.41, 5.74) is 6.16. The molecule has 3 aromatic carbocycles. The molecule has 2 heterocycles. The summed E-state index contributed by atoms with van der Waals surface area (Å²) in [7, 11) is 0. The average molecular weight is 418 g/mol. The van der Waals surface area contributed by atoms with Gasteiger partial charge >= 0.3 is 0 Å². The van der Waals surface area contributed by atoms with E-state index < -0.39 is 0 Å². The van der Waals surface area contributed by atoms with Gasteiger partial charge in [-0.25, -0.2) is 9.97 Å². The number of pyridine rings is 1. The van der Waals surface area contributed by atoms with Crippen LogP contribution in [-0.4, -0.2) is 16.6 Å². The van der Waals surface area contributed by atoms with Gasteiger partial charge in [0.2, 0.25) is 0 Å². The van der Waals surface area contributed by atoms with Crippen molar-refractivity contribution in [2.45, 2.75) is 6.42 Å². The lowest BCUT2D eigenvalue weighted by Crippen LogP contribution is -2.23. The third kappa shape index (κ3) is 4.14. The summed E-state index contributed by atoms with van der Waals surface area (Å²) < 4.78 is 6.87. The summed E-state index contributed by atoms with van der Waals surface area (Å²) in [5.74, 6) is 0.688. The van der Waals surface area contributed by atoms with Gasteiger partial charge in [0.25, 0.3) is 0 Å². The largest absolute Gasteiger partial charge is 0.619 e. The van der Waals surface area contributed by atoms with E-state index in [1.54, 1.807) is 12.1 Å². The number of ether oxygens (including phenoxy) is 1. The minimum Gasteiger partial charge on any atom is -0.619 e. The summed E-state index contributed by atoms with van der Waals surface area (Å²) in [6.07, 6.45) is 3.68. The zero-order chi connectivity index (χ0) is 21.8. The van der Waals surface area contributed by atoms with Crippen LogP contribution in [0.3, 0.4) is 0 Å². The molecule has 5 heteroatoms. The third-order valence-electron chi connectivity index (χ3n) is 5.22. The van der Waals surface area contributed by atoms with E-state index in [1.807, 2.05) is 72.8 Å². The van der Waals surface area contributed by atoms with Gasteiger partial charge in [0, 0.05) is 29.7 Å². The molecule has 155 valence electrons. The Morgan fingerprint density at radius 1 is 0.781 bits per heavy atom. The van der Waals surface area contributed by atoms with Crippen molar-refractivity contribution in [1.29, 1.82) is 0 Å². The second kappa shape index (κ2) is 8.86. The highest BCUT2D eigenvalue weighted by atomic mass is 16.5. The van der Waals surface area contributed by atoms with Crippen molar-refractivity contribution in [3.8, 4) is 28.3 Å². The van der Waals surface area contributed by atoms with Crippen LogP contribution in [0.15, 0.2) is 97.3 Å². The quantitative estimate of drug-likeness (QED) is 0.287. The minimum absolute atomic E-state index is 0.472. The predicted octanol–water partition coefficient (Wildman–Crippen LogP) is 5.02. The van der Waals surface area contributed by atoms with Gasteiger partial charge < -0.3 is 9.94 Å². The Balaban J connectivity index is 1.53. The molecule has 0 aliphatic carbocycles. The normalized spacial score (nSPS) is 10.9. The first-order chi connectivity index (χ1) is 15.8. The highest BCUT2D eigenvalue weighted by Crippen LogP contribution is 2.33. The third-order valence-corrected chi connectivity index (χ3v) is 5.22. The predicted molar refractivity (Wildman–Crippen MR) is 124 cm³/mol. The summed E-state index contributed by atoms with van der Waals surface area (Å²) >= 11 is 0. The molecule has 0 N–H and O–H groups in total. The van der Waals surface area contributed by atoms with Crippen molar-refractivity contribution >= 4 is 11.0 Å². The molecule has 5 aromatic rings. The summed E-state index contributed by atoms with van der Waals surface area (Å²) in [5, 5.41) is 11.2. The van der Waals surface area contributed by atoms with Crippen LogP contribution in [0.1, 0.15) is 5.56 Å². The van der Waals surface area contributed by atoms with Crippen molar-refractivity contribution in [2.75, 3.05) is 6.61 Å². The Morgan fingerprint density at radius 3 is 2.28 bits per heavy atom. The number of hydrogen-bond donors (Lipinski definition) is 0. The summed E-state index contributed by atoms with van der Waals surface area (Å²) in [6, 6.07) is 30.3. The molecule has 0 bridgehead atoms. The first-order valence-corrected chi connectivity index (χ1v) is 10.4. The standard InChI is InChI=1S/C27H20N3O2/c31-30-17-14-20(15-18-30)16-19-32-24-13-7-12-23-27(24)29-26(22-10-5-2-6-11-22)25(28-23)21-8-3-1-4-9-21/h1,3-15,17-18H,16,19H2. The van der Waals surface area contributed by atoms with Gasteiger partial charge in [0.05, 0.1) is 23.5 Å². The lowest BCUT2D eigenvalue weighted by molar-refractivity contribution is -0.605. The van der Waals surface area contributed by atoms with Gasteiger partial charge in [-0.3, -0.25) is 0 Å². The molecule has 2 aromatic heterocycles. The van der Waals surface area contributed by atoms with Gasteiger partial charge in [0.15, 0.2) is 12.4 Å². The molecular formula is C27H20N3O2. The molecule has 0 amide bonds. The van der Waals surface area contributed by atoms with Crippen LogP contribution in [0, 0.1) is 11.3 Å². The van der Waals surface area contributed by atoms with Crippen LogP contribution in [0.4, 0.5) is 0 Å². The lowest BCUT2D eigenvalue weighted by Gasteiger charge is -2.13. The summed E-state index contributed by atoms with van der Waals surface area (Å²) in [6.45, 7) is 0.472. The van der Waals surface area contributed by atoms with E-state index in [0.717, 1.165) is 43.8 Å². The molecule has 0 aliphatic heterocycles. The molecule has 0 atom stereocenters. The molecule has 0 fully saturated rings. The Labute approximate surface area is 186 Å². The maximum absolute atomic E-state index is 11.2. The average Bonchev–Trinajstić information content (AvgIpc) is 2.86. The van der Waals surface area contributed by atoms with Crippen molar-refractivity contribution in [2.24, 2.45) is 0 Å². The highest BCUT2D eigenvalue weighted by Gasteiger charge is 2.15. The van der Waals surface area contributed by atoms with E-state index in [9.17, 15) is 5.21 Å². The van der Waals surface area contributed by atoms with Crippen LogP contribution in [-0.2, 0) is 6.42 Å². The van der Waals surface area contributed by atoms with Gasteiger partial charge in [-0.2, -0.15) is 4.73 Å². The van der Waals surface area contributed by atoms with Gasteiger partial charge in [-0.05, 0) is 23.8 Å². The fourth-order valence-corrected chi connectivity index (χ4v) is 3.60. The number of hydrogen-bond acceptors (Lipinski definition) is 4. The maximum Gasteiger partial charge on any atom is 0.180 e. The van der Waals surface area contributed by atoms with E-state index in [0.29, 0.717) is 18.8 Å². The number of aromatic nitrogens is 3. The molecule has 5 rings (SSSR count). The number of fused-ring (bicyclic) bond motifs is 1. The number of para-hydroxylation sites is 1. The van der Waals surface area contributed by atoms with Crippen LogP contribution >= 0.6 is 0 Å². The van der Waals surface area contributed by atoms with Crippen LogP contribution in [0.25, 0.3) is 33.5 Å². The number of nitrogens with zero attached hydrogens (tertiary/aromatic N) is 3. The molecule has 0 aliphatic rings. The lowest BCUT2D eigenvalue weighted by atomic mass is 10.0. The monoisotopic (exact) mass is 418 g/mol. The first-order valence-electron chi connectivity index (χ1n) is 10.4. The second-order valence-electron chi connectivity index (χ2n) is 7.36. The van der Waals surface area contributed by atoms with Crippen LogP contribution < -0.4 is 9.47 Å². The molecular weight excluding hydrogens is 398 g/mol. The fraction of sp³-hybridized carbons (Fsp3) is 0.0741. The second-order valence-corrected chi connectivity index (χ2v) is 7.36. The maximum atomic E-state index is 11.2. The zero-order valence-electron chi connectivity index (χ0n) is 17.3. The van der Waals surface area contributed by atoms with Crippen LogP contribution in [0.5, 0.6) is 5.75 Å². The Morgan fingerprint density at radius 2 is 1.50 bits per heavy atom. The number of benzene rings is 3. The van der Waals surface area contributed by atoms with E-state index in [-0.39, 0.29) is 0 Å². The minimum atomic E-state index is 0.472. The topological polar surface area (TPSA) is 62.0 Å². The molecule has 1 radical (unpaired) electrons. The zero-order valence-corrected chi connectivity index (χ0v) is 17.3. The van der Waals surface area contributed by atoms with E-state index in [2.05, 4.69) is 6.07 Å². The van der Waals surface area contributed by atoms with Crippen molar-refractivity contribution in [3.05, 3.63) is 114 Å². The van der Waals surface area contributed by atoms with Gasteiger partial charge in [-0.1, -0.05) is 60.7 Å². The molecule has 0 unspecified atom stereocenters. The van der Waals surface area contributed by atoms with Crippen molar-refractivity contribution in [1.82, 2.24) is 9.97 Å². The SMILES string of the molecule is [O-][n+]1ccc(CCOc2cccc3nc(-c4ccccc4)c(-c4cc[c]cc4)nc23)cc1. The van der Waals surface area contributed by atoms with E-state index in [1.165, 1.54) is 12.4 Å². The summed E-state index contributed by atoms with van der Waals surface area (Å²) in [4.78, 5) is 9.98. The Hall–Kier alpha value is -4.25. The van der Waals surface area contributed by atoms with Gasteiger partial charge in [0.1, 0.15) is 11.3 Å². The van der Waals surface area contributed by atoms with Gasteiger partial charge in [-0.15, -0.1) is 0 Å². The number of rotatable bonds is 6. The Kier molecular flexibility index (Phi) is 5.45. The molecule has 32 heavy (non-hydrogen) atoms. The first kappa shape index (κ1) is 19.7.